The van der Waals surface area contributed by atoms with Crippen molar-refractivity contribution in [3.05, 3.63) is 89.0 Å². The highest BCUT2D eigenvalue weighted by atomic mass is 16.6. The van der Waals surface area contributed by atoms with Crippen molar-refractivity contribution in [2.75, 3.05) is 0 Å². The third-order valence-corrected chi connectivity index (χ3v) is 5.15. The van der Waals surface area contributed by atoms with Gasteiger partial charge in [0.2, 0.25) is 0 Å². The fourth-order valence-electron chi connectivity index (χ4n) is 3.40. The van der Waals surface area contributed by atoms with E-state index >= 15 is 0 Å². The van der Waals surface area contributed by atoms with Gasteiger partial charge in [0.05, 0.1) is 0 Å². The van der Waals surface area contributed by atoms with Gasteiger partial charge in [0, 0.05) is 18.3 Å². The molecule has 0 radical (unpaired) electrons. The zero-order valence-corrected chi connectivity index (χ0v) is 16.3. The van der Waals surface area contributed by atoms with Gasteiger partial charge in [0.1, 0.15) is 11.9 Å². The van der Waals surface area contributed by atoms with Gasteiger partial charge >= 0.3 is 6.09 Å². The number of aryl methyl sites for hydroxylation is 1. The lowest BCUT2D eigenvalue weighted by Crippen LogP contribution is -2.20. The maximum Gasteiger partial charge on any atom is 0.420 e. The first-order valence-corrected chi connectivity index (χ1v) is 9.38. The fourth-order valence-corrected chi connectivity index (χ4v) is 3.40. The van der Waals surface area contributed by atoms with Crippen LogP contribution in [0.15, 0.2) is 60.9 Å². The van der Waals surface area contributed by atoms with E-state index in [0.29, 0.717) is 12.2 Å². The van der Waals surface area contributed by atoms with Crippen LogP contribution in [-0.2, 0) is 4.74 Å². The highest BCUT2D eigenvalue weighted by Gasteiger charge is 2.23. The molecule has 0 fully saturated rings. The molecule has 0 aliphatic carbocycles. The third kappa shape index (κ3) is 3.95. The minimum Gasteiger partial charge on any atom is -0.441 e. The van der Waals surface area contributed by atoms with Crippen molar-refractivity contribution in [1.82, 2.24) is 9.55 Å². The van der Waals surface area contributed by atoms with E-state index < -0.39 is 6.09 Å². The largest absolute Gasteiger partial charge is 0.441 e. The number of hydrogen-bond donors (Lipinski definition) is 0. The van der Waals surface area contributed by atoms with E-state index in [1.165, 1.54) is 21.3 Å². The average molecular weight is 362 g/mol. The number of ether oxygens (including phenoxy) is 1. The Morgan fingerprint density at radius 2 is 1.85 bits per heavy atom. The number of rotatable bonds is 5. The first kappa shape index (κ1) is 18.9. The highest BCUT2D eigenvalue weighted by Crippen LogP contribution is 2.28. The lowest BCUT2D eigenvalue weighted by molar-refractivity contribution is 0.0957. The molecule has 27 heavy (non-hydrogen) atoms. The van der Waals surface area contributed by atoms with E-state index in [4.69, 9.17) is 4.74 Å². The molecule has 3 rings (SSSR count). The van der Waals surface area contributed by atoms with Crippen molar-refractivity contribution >= 4 is 6.09 Å². The number of carbonyl (C=O) groups is 1. The number of carbonyl (C=O) groups excluding carboxylic acids is 1. The van der Waals surface area contributed by atoms with Crippen LogP contribution in [0, 0.1) is 13.8 Å². The van der Waals surface area contributed by atoms with Gasteiger partial charge in [-0.25, -0.2) is 14.3 Å². The van der Waals surface area contributed by atoms with E-state index in [9.17, 15) is 4.79 Å². The van der Waals surface area contributed by atoms with E-state index in [1.54, 1.807) is 12.4 Å². The van der Waals surface area contributed by atoms with E-state index in [2.05, 4.69) is 37.9 Å². The standard InChI is InChI=1S/C23H26N2O2/c1-5-21(19-11-7-6-8-12-19)27-23(26)25-15-14-24-22(25)18(4)20-13-9-10-16(2)17(20)3/h6-15,18,21H,5H2,1-4H3/t18-,21?/m0/s1. The normalized spacial score (nSPS) is 13.2. The molecule has 1 aromatic heterocycles. The molecule has 0 aliphatic heterocycles. The molecule has 1 heterocycles. The molecule has 0 saturated heterocycles. The van der Waals surface area contributed by atoms with Crippen LogP contribution >= 0.6 is 0 Å². The van der Waals surface area contributed by atoms with Gasteiger partial charge in [0.15, 0.2) is 0 Å². The van der Waals surface area contributed by atoms with Crippen molar-refractivity contribution in [3.8, 4) is 0 Å². The maximum absolute atomic E-state index is 12.9. The average Bonchev–Trinajstić information content (AvgIpc) is 3.18. The Hall–Kier alpha value is -2.88. The van der Waals surface area contributed by atoms with Crippen LogP contribution in [0.3, 0.4) is 0 Å². The Morgan fingerprint density at radius 3 is 2.56 bits per heavy atom. The summed E-state index contributed by atoms with van der Waals surface area (Å²) in [6.45, 7) is 8.29. The van der Waals surface area contributed by atoms with E-state index in [1.807, 2.05) is 43.3 Å². The smallest absolute Gasteiger partial charge is 0.420 e. The SMILES string of the molecule is CCC(OC(=O)n1ccnc1[C@@H](C)c1cccc(C)c1C)c1ccccc1. The quantitative estimate of drug-likeness (QED) is 0.577. The van der Waals surface area contributed by atoms with Crippen LogP contribution in [0.5, 0.6) is 0 Å². The highest BCUT2D eigenvalue weighted by molar-refractivity contribution is 5.71. The molecule has 2 atom stereocenters. The predicted octanol–water partition coefficient (Wildman–Crippen LogP) is 5.79. The number of nitrogens with zero attached hydrogens (tertiary/aromatic N) is 2. The molecule has 0 saturated carbocycles. The minimum atomic E-state index is -0.393. The van der Waals surface area contributed by atoms with Crippen LogP contribution in [-0.4, -0.2) is 15.6 Å². The summed E-state index contributed by atoms with van der Waals surface area (Å²) in [6, 6.07) is 16.1. The van der Waals surface area contributed by atoms with Gasteiger partial charge in [-0.15, -0.1) is 0 Å². The Balaban J connectivity index is 1.85. The number of hydrogen-bond acceptors (Lipinski definition) is 3. The molecule has 3 aromatic rings. The van der Waals surface area contributed by atoms with E-state index in [-0.39, 0.29) is 12.0 Å². The van der Waals surface area contributed by atoms with Crippen molar-refractivity contribution in [2.45, 2.75) is 46.1 Å². The summed E-state index contributed by atoms with van der Waals surface area (Å²) >= 11 is 0. The summed E-state index contributed by atoms with van der Waals surface area (Å²) in [6.07, 6.45) is 3.38. The van der Waals surface area contributed by atoms with Crippen LogP contribution in [0.25, 0.3) is 0 Å². The van der Waals surface area contributed by atoms with E-state index in [0.717, 1.165) is 5.56 Å². The molecule has 0 aliphatic rings. The molecule has 4 heteroatoms. The van der Waals surface area contributed by atoms with Gasteiger partial charge in [-0.1, -0.05) is 62.4 Å². The van der Waals surface area contributed by atoms with Crippen LogP contribution in [0.4, 0.5) is 4.79 Å². The summed E-state index contributed by atoms with van der Waals surface area (Å²) in [7, 11) is 0. The molecule has 2 aromatic carbocycles. The minimum absolute atomic E-state index is 0.00995. The Bertz CT molecular complexity index is 915. The second-order valence-electron chi connectivity index (χ2n) is 6.86. The van der Waals surface area contributed by atoms with Crippen LogP contribution in [0.1, 0.15) is 60.4 Å². The van der Waals surface area contributed by atoms with Gasteiger partial charge in [-0.3, -0.25) is 0 Å². The first-order chi connectivity index (χ1) is 13.0. The Morgan fingerprint density at radius 1 is 1.11 bits per heavy atom. The van der Waals surface area contributed by atoms with Crippen LogP contribution < -0.4 is 0 Å². The molecule has 0 spiro atoms. The molecular weight excluding hydrogens is 336 g/mol. The fraction of sp³-hybridized carbons (Fsp3) is 0.304. The number of aromatic nitrogens is 2. The van der Waals surface area contributed by atoms with Crippen molar-refractivity contribution in [3.63, 3.8) is 0 Å². The summed E-state index contributed by atoms with van der Waals surface area (Å²) in [5.74, 6) is 0.681. The zero-order valence-electron chi connectivity index (χ0n) is 16.3. The second-order valence-corrected chi connectivity index (χ2v) is 6.86. The molecule has 140 valence electrons. The lowest BCUT2D eigenvalue weighted by Gasteiger charge is -2.20. The van der Waals surface area contributed by atoms with Gasteiger partial charge in [0.25, 0.3) is 0 Å². The van der Waals surface area contributed by atoms with Gasteiger partial charge in [-0.05, 0) is 42.5 Å². The molecule has 0 amide bonds. The lowest BCUT2D eigenvalue weighted by atomic mass is 9.93. The monoisotopic (exact) mass is 362 g/mol. The number of benzene rings is 2. The van der Waals surface area contributed by atoms with Crippen LogP contribution in [0.2, 0.25) is 0 Å². The summed E-state index contributed by atoms with van der Waals surface area (Å²) in [5.41, 5.74) is 4.63. The van der Waals surface area contributed by atoms with Gasteiger partial charge < -0.3 is 4.74 Å². The maximum atomic E-state index is 12.9. The number of imidazole rings is 1. The zero-order chi connectivity index (χ0) is 19.4. The Kier molecular flexibility index (Phi) is 5.75. The predicted molar refractivity (Wildman–Crippen MR) is 107 cm³/mol. The first-order valence-electron chi connectivity index (χ1n) is 9.38. The summed E-state index contributed by atoms with van der Waals surface area (Å²) in [5, 5.41) is 0. The molecule has 4 nitrogen and oxygen atoms in total. The molecule has 0 bridgehead atoms. The van der Waals surface area contributed by atoms with Crippen molar-refractivity contribution in [1.29, 1.82) is 0 Å². The van der Waals surface area contributed by atoms with Gasteiger partial charge in [-0.2, -0.15) is 0 Å². The van der Waals surface area contributed by atoms with Crippen molar-refractivity contribution in [2.24, 2.45) is 0 Å². The summed E-state index contributed by atoms with van der Waals surface area (Å²) in [4.78, 5) is 17.3. The van der Waals surface area contributed by atoms with Crippen molar-refractivity contribution < 1.29 is 9.53 Å². The topological polar surface area (TPSA) is 44.1 Å². The summed E-state index contributed by atoms with van der Waals surface area (Å²) < 4.78 is 7.32. The molecule has 1 unspecified atom stereocenters. The Labute approximate surface area is 160 Å². The molecular formula is C23H26N2O2. The molecule has 0 N–H and O–H groups in total. The second kappa shape index (κ2) is 8.21. The third-order valence-electron chi connectivity index (χ3n) is 5.15.